The molecular weight excluding hydrogens is 751 g/mol. The Hall–Kier alpha value is -5.55. The average molecular weight is 787 g/mol. The van der Waals surface area contributed by atoms with E-state index < -0.39 is 67.0 Å². The molecular formula is C37H35F9N4O5. The van der Waals surface area contributed by atoms with E-state index >= 15 is 4.39 Å². The third-order valence-corrected chi connectivity index (χ3v) is 8.33. The SMILES string of the molecule is CC(F)(F)F.CO/C=C/C(F)=C(\C=C\c1cnc(N2CC(F)(F)C2)nc1CN1C(=O)OC(C2=CC(C(F)(F)F)=CC=CC2)C1C)c1ccc(C(=O)O)cc1C. The minimum atomic E-state index is -4.62. The average Bonchev–Trinajstić information content (AvgIpc) is 3.21. The number of aromatic nitrogens is 2. The lowest BCUT2D eigenvalue weighted by molar-refractivity contribution is -0.110. The van der Waals surface area contributed by atoms with Crippen LogP contribution in [-0.4, -0.2) is 82.7 Å². The van der Waals surface area contributed by atoms with Gasteiger partial charge in [-0.1, -0.05) is 36.4 Å². The molecule has 2 fully saturated rings. The number of alkyl halides is 8. The summed E-state index contributed by atoms with van der Waals surface area (Å²) in [7, 11) is 1.33. The molecule has 55 heavy (non-hydrogen) atoms. The Bertz CT molecular complexity index is 1950. The number of allylic oxidation sites excluding steroid dienone is 9. The summed E-state index contributed by atoms with van der Waals surface area (Å²) < 4.78 is 125. The number of amides is 1. The molecule has 1 aliphatic carbocycles. The zero-order valence-corrected chi connectivity index (χ0v) is 29.7. The number of carboxylic acids is 1. The lowest BCUT2D eigenvalue weighted by atomic mass is 9.96. The van der Waals surface area contributed by atoms with Crippen molar-refractivity contribution in [1.82, 2.24) is 14.9 Å². The van der Waals surface area contributed by atoms with Crippen LogP contribution in [0.4, 0.5) is 50.3 Å². The predicted octanol–water partition coefficient (Wildman–Crippen LogP) is 9.15. The smallest absolute Gasteiger partial charge is 0.416 e. The molecule has 0 radical (unpaired) electrons. The quantitative estimate of drug-likeness (QED) is 0.145. The van der Waals surface area contributed by atoms with Gasteiger partial charge in [0.15, 0.2) is 0 Å². The van der Waals surface area contributed by atoms with Crippen molar-refractivity contribution in [2.45, 2.75) is 64.2 Å². The molecule has 18 heteroatoms. The Balaban J connectivity index is 0.00000126. The van der Waals surface area contributed by atoms with Gasteiger partial charge >= 0.3 is 24.4 Å². The first-order valence-corrected chi connectivity index (χ1v) is 16.4. The summed E-state index contributed by atoms with van der Waals surface area (Å²) in [4.78, 5) is 35.9. The summed E-state index contributed by atoms with van der Waals surface area (Å²) >= 11 is 0. The number of hydrogen-bond donors (Lipinski definition) is 1. The van der Waals surface area contributed by atoms with Crippen molar-refractivity contribution in [3.63, 3.8) is 0 Å². The van der Waals surface area contributed by atoms with Crippen LogP contribution in [-0.2, 0) is 16.0 Å². The van der Waals surface area contributed by atoms with Crippen molar-refractivity contribution in [3.05, 3.63) is 112 Å². The number of anilines is 1. The van der Waals surface area contributed by atoms with Gasteiger partial charge in [-0.15, -0.1) is 0 Å². The molecule has 2 unspecified atom stereocenters. The number of aryl methyl sites for hydroxylation is 1. The number of nitrogens with zero attached hydrogens (tertiary/aromatic N) is 4. The van der Waals surface area contributed by atoms with Gasteiger partial charge < -0.3 is 19.5 Å². The van der Waals surface area contributed by atoms with E-state index in [0.29, 0.717) is 11.1 Å². The van der Waals surface area contributed by atoms with Gasteiger partial charge in [0.05, 0.1) is 55.9 Å². The van der Waals surface area contributed by atoms with Crippen LogP contribution in [0.1, 0.15) is 53.0 Å². The first-order chi connectivity index (χ1) is 25.6. The van der Waals surface area contributed by atoms with Crippen molar-refractivity contribution in [3.8, 4) is 0 Å². The number of carboxylic acid groups (broad SMARTS) is 1. The van der Waals surface area contributed by atoms with Gasteiger partial charge in [0.2, 0.25) is 5.95 Å². The number of benzene rings is 1. The molecule has 9 nitrogen and oxygen atoms in total. The highest BCUT2D eigenvalue weighted by molar-refractivity contribution is 5.90. The normalized spacial score (nSPS) is 20.3. The van der Waals surface area contributed by atoms with Crippen LogP contribution in [0.5, 0.6) is 0 Å². The number of cyclic esters (lactones) is 1. The molecule has 2 aliphatic heterocycles. The van der Waals surface area contributed by atoms with Crippen molar-refractivity contribution in [2.75, 3.05) is 25.1 Å². The predicted molar refractivity (Wildman–Crippen MR) is 184 cm³/mol. The Kier molecular flexibility index (Phi) is 12.9. The van der Waals surface area contributed by atoms with Crippen LogP contribution in [0, 0.1) is 6.92 Å². The molecule has 0 spiro atoms. The van der Waals surface area contributed by atoms with Gasteiger partial charge in [-0.2, -0.15) is 26.3 Å². The second-order valence-corrected chi connectivity index (χ2v) is 12.7. The number of ether oxygens (including phenoxy) is 2. The second kappa shape index (κ2) is 16.9. The Morgan fingerprint density at radius 2 is 1.82 bits per heavy atom. The minimum absolute atomic E-state index is 0.00326. The van der Waals surface area contributed by atoms with Crippen LogP contribution in [0.3, 0.4) is 0 Å². The summed E-state index contributed by atoms with van der Waals surface area (Å²) in [5.41, 5.74) is 0.594. The Morgan fingerprint density at radius 3 is 2.40 bits per heavy atom. The first kappa shape index (κ1) is 42.2. The highest BCUT2D eigenvalue weighted by Gasteiger charge is 2.46. The standard InChI is InChI=1S/C35H32F6N4O5.C2H3F3/c1-20-14-23(31(46)47)8-10-26(20)27(28(36)12-13-49-3)11-9-24-16-42-32(44-18-34(37,38)19-44)43-29(24)17-45-21(2)30(50-33(45)48)22-6-4-5-7-25(15-22)35(39,40)41;1-2(3,4)5/h4-5,7-16,21,30H,6,17-19H2,1-3H3,(H,46,47);1H3/b11-9+,13-12+,28-27-;. The maximum atomic E-state index is 15.5. The number of halogens is 9. The van der Waals surface area contributed by atoms with Gasteiger partial charge in [-0.25, -0.2) is 32.7 Å². The minimum Gasteiger partial charge on any atom is -0.504 e. The van der Waals surface area contributed by atoms with Gasteiger partial charge in [-0.3, -0.25) is 4.90 Å². The van der Waals surface area contributed by atoms with Crippen molar-refractivity contribution in [2.24, 2.45) is 0 Å². The molecule has 0 bridgehead atoms. The van der Waals surface area contributed by atoms with Gasteiger partial charge in [0, 0.05) is 30.3 Å². The number of carbonyl (C=O) groups excluding carboxylic acids is 1. The van der Waals surface area contributed by atoms with Crippen LogP contribution >= 0.6 is 0 Å². The number of aromatic carboxylic acids is 1. The molecule has 3 heterocycles. The monoisotopic (exact) mass is 786 g/mol. The third-order valence-electron chi connectivity index (χ3n) is 8.33. The molecule has 0 saturated carbocycles. The molecule has 296 valence electrons. The summed E-state index contributed by atoms with van der Waals surface area (Å²) in [6.45, 7) is 1.90. The second-order valence-electron chi connectivity index (χ2n) is 12.7. The molecule has 3 aliphatic rings. The van der Waals surface area contributed by atoms with Crippen molar-refractivity contribution in [1.29, 1.82) is 0 Å². The number of rotatable bonds is 10. The van der Waals surface area contributed by atoms with E-state index in [2.05, 4.69) is 9.97 Å². The molecule has 2 saturated heterocycles. The fourth-order valence-electron chi connectivity index (χ4n) is 5.69. The van der Waals surface area contributed by atoms with E-state index in [1.165, 1.54) is 65.6 Å². The van der Waals surface area contributed by atoms with E-state index in [0.717, 1.165) is 24.5 Å². The van der Waals surface area contributed by atoms with E-state index in [9.17, 15) is 49.8 Å². The van der Waals surface area contributed by atoms with Gasteiger partial charge in [0.25, 0.3) is 5.92 Å². The molecule has 2 atom stereocenters. The summed E-state index contributed by atoms with van der Waals surface area (Å²) in [5.74, 6) is -4.88. The Morgan fingerprint density at radius 1 is 1.15 bits per heavy atom. The van der Waals surface area contributed by atoms with Crippen LogP contribution in [0.2, 0.25) is 0 Å². The Labute approximate surface area is 309 Å². The topological polar surface area (TPSA) is 105 Å². The molecule has 5 rings (SSSR count). The van der Waals surface area contributed by atoms with E-state index in [1.54, 1.807) is 13.8 Å². The maximum absolute atomic E-state index is 15.5. The zero-order valence-electron chi connectivity index (χ0n) is 29.7. The highest BCUT2D eigenvalue weighted by Crippen LogP contribution is 2.36. The van der Waals surface area contributed by atoms with Gasteiger partial charge in [-0.05, 0) is 55.2 Å². The first-order valence-electron chi connectivity index (χ1n) is 16.4. The summed E-state index contributed by atoms with van der Waals surface area (Å²) in [6.07, 6.45) is 0.670. The number of hydrogen-bond acceptors (Lipinski definition) is 7. The number of carbonyl (C=O) groups is 2. The zero-order chi connectivity index (χ0) is 40.9. The third kappa shape index (κ3) is 11.2. The molecule has 1 amide bonds. The molecule has 1 N–H and O–H groups in total. The molecule has 1 aromatic carbocycles. The summed E-state index contributed by atoms with van der Waals surface area (Å²) in [6, 6.07) is 3.39. The van der Waals surface area contributed by atoms with E-state index in [-0.39, 0.29) is 53.8 Å². The fourth-order valence-corrected chi connectivity index (χ4v) is 5.69. The highest BCUT2D eigenvalue weighted by atomic mass is 19.4. The van der Waals surface area contributed by atoms with Crippen molar-refractivity contribution >= 4 is 29.7 Å². The van der Waals surface area contributed by atoms with E-state index in [4.69, 9.17) is 9.47 Å². The van der Waals surface area contributed by atoms with Crippen molar-refractivity contribution < 1.29 is 63.7 Å². The maximum Gasteiger partial charge on any atom is 0.416 e. The summed E-state index contributed by atoms with van der Waals surface area (Å²) in [5, 5.41) is 9.38. The lowest BCUT2D eigenvalue weighted by Crippen LogP contribution is -2.57. The van der Waals surface area contributed by atoms with Crippen LogP contribution in [0.15, 0.2) is 84.1 Å². The lowest BCUT2D eigenvalue weighted by Gasteiger charge is -2.38. The largest absolute Gasteiger partial charge is 0.504 e. The fraction of sp³-hybridized carbons (Fsp3) is 0.351. The van der Waals surface area contributed by atoms with E-state index in [1.807, 2.05) is 0 Å². The van der Waals surface area contributed by atoms with Gasteiger partial charge in [0.1, 0.15) is 11.9 Å². The van der Waals surface area contributed by atoms with Crippen LogP contribution < -0.4 is 4.90 Å². The van der Waals surface area contributed by atoms with Crippen LogP contribution in [0.25, 0.3) is 11.6 Å². The molecule has 2 aromatic rings. The number of methoxy groups -OCH3 is 1. The molecule has 1 aromatic heterocycles.